The highest BCUT2D eigenvalue weighted by molar-refractivity contribution is 5.96. The van der Waals surface area contributed by atoms with Crippen LogP contribution in [0.3, 0.4) is 0 Å². The summed E-state index contributed by atoms with van der Waals surface area (Å²) in [6.45, 7) is 6.90. The van der Waals surface area contributed by atoms with E-state index in [1.807, 2.05) is 13.8 Å². The van der Waals surface area contributed by atoms with Crippen molar-refractivity contribution in [3.05, 3.63) is 36.7 Å². The maximum absolute atomic E-state index is 12.1. The van der Waals surface area contributed by atoms with Crippen molar-refractivity contribution in [1.29, 1.82) is 0 Å². The molecule has 1 aromatic rings. The number of hydrogen-bond donors (Lipinski definition) is 4. The number of aromatic nitrogens is 1. The number of carbonyl (C=O) groups excluding carboxylic acids is 3. The average Bonchev–Trinajstić information content (AvgIpc) is 3.07. The Kier molecular flexibility index (Phi) is 9.44. The van der Waals surface area contributed by atoms with E-state index in [0.29, 0.717) is 0 Å². The summed E-state index contributed by atoms with van der Waals surface area (Å²) in [4.78, 5) is 51.6. The first-order chi connectivity index (χ1) is 13.2. The van der Waals surface area contributed by atoms with Gasteiger partial charge in [-0.1, -0.05) is 19.9 Å². The van der Waals surface area contributed by atoms with Crippen LogP contribution in [-0.4, -0.2) is 52.6 Å². The molecule has 1 rings (SSSR count). The summed E-state index contributed by atoms with van der Waals surface area (Å²) in [6.07, 6.45) is 4.75. The van der Waals surface area contributed by atoms with E-state index in [1.54, 1.807) is 0 Å². The summed E-state index contributed by atoms with van der Waals surface area (Å²) in [6, 6.07) is 0.483. The van der Waals surface area contributed by atoms with Crippen molar-refractivity contribution in [2.75, 3.05) is 13.2 Å². The molecule has 1 aromatic heterocycles. The molecule has 0 aliphatic carbocycles. The lowest BCUT2D eigenvalue weighted by Crippen LogP contribution is -2.46. The second-order valence-electron chi connectivity index (χ2n) is 6.47. The first kappa shape index (κ1) is 22.9. The quantitative estimate of drug-likeness (QED) is 0.225. The summed E-state index contributed by atoms with van der Waals surface area (Å²) < 4.78 is 1.48. The third kappa shape index (κ3) is 8.49. The predicted molar refractivity (Wildman–Crippen MR) is 100 cm³/mol. The van der Waals surface area contributed by atoms with Crippen molar-refractivity contribution in [3.63, 3.8) is 0 Å². The van der Waals surface area contributed by atoms with Crippen LogP contribution in [0, 0.1) is 5.92 Å². The number of carboxylic acids is 1. The average molecular weight is 394 g/mol. The van der Waals surface area contributed by atoms with E-state index in [4.69, 9.17) is 9.94 Å². The van der Waals surface area contributed by atoms with E-state index in [-0.39, 0.29) is 37.6 Å². The van der Waals surface area contributed by atoms with Gasteiger partial charge in [0.1, 0.15) is 12.6 Å². The normalized spacial score (nSPS) is 11.5. The van der Waals surface area contributed by atoms with Gasteiger partial charge >= 0.3 is 5.97 Å². The summed E-state index contributed by atoms with van der Waals surface area (Å²) in [5, 5.41) is 13.9. The minimum absolute atomic E-state index is 0.0552. The number of nitrogens with one attached hydrogen (secondary N) is 3. The van der Waals surface area contributed by atoms with Gasteiger partial charge in [-0.2, -0.15) is 0 Å². The zero-order chi connectivity index (χ0) is 21.1. The van der Waals surface area contributed by atoms with E-state index >= 15 is 0 Å². The maximum Gasteiger partial charge on any atom is 0.326 e. The topological polar surface area (TPSA) is 139 Å². The zero-order valence-corrected chi connectivity index (χ0v) is 15.9. The molecule has 0 bridgehead atoms. The molecule has 0 aromatic carbocycles. The molecule has 4 N–H and O–H groups in total. The van der Waals surface area contributed by atoms with Crippen molar-refractivity contribution < 1.29 is 29.1 Å². The lowest BCUT2D eigenvalue weighted by molar-refractivity contribution is -0.142. The van der Waals surface area contributed by atoms with Gasteiger partial charge in [-0.05, 0) is 18.4 Å². The Hall–Kier alpha value is -3.14. The molecular weight excluding hydrogens is 368 g/mol. The van der Waals surface area contributed by atoms with Crippen molar-refractivity contribution in [2.45, 2.75) is 32.9 Å². The number of hydrogen-bond acceptors (Lipinski definition) is 5. The van der Waals surface area contributed by atoms with Crippen LogP contribution >= 0.6 is 0 Å². The van der Waals surface area contributed by atoms with E-state index in [1.165, 1.54) is 29.1 Å². The number of hydroxylamine groups is 1. The second-order valence-corrected chi connectivity index (χ2v) is 6.47. The Morgan fingerprint density at radius 3 is 2.61 bits per heavy atom. The van der Waals surface area contributed by atoms with Crippen molar-refractivity contribution >= 4 is 23.7 Å². The zero-order valence-electron chi connectivity index (χ0n) is 15.9. The molecule has 3 amide bonds. The molecule has 28 heavy (non-hydrogen) atoms. The monoisotopic (exact) mass is 394 g/mol. The highest BCUT2D eigenvalue weighted by Gasteiger charge is 2.21. The van der Waals surface area contributed by atoms with Crippen molar-refractivity contribution in [3.8, 4) is 0 Å². The van der Waals surface area contributed by atoms with E-state index in [0.717, 1.165) is 0 Å². The molecule has 0 radical (unpaired) electrons. The van der Waals surface area contributed by atoms with Crippen LogP contribution in [0.2, 0.25) is 0 Å². The molecule has 154 valence electrons. The summed E-state index contributed by atoms with van der Waals surface area (Å²) in [5.74, 6) is -2.56. The minimum atomic E-state index is -1.12. The number of aliphatic carboxylic acids is 1. The molecule has 0 saturated heterocycles. The van der Waals surface area contributed by atoms with E-state index in [2.05, 4.69) is 22.7 Å². The van der Waals surface area contributed by atoms with Crippen LogP contribution in [0.5, 0.6) is 0 Å². The van der Waals surface area contributed by atoms with Crippen LogP contribution in [-0.2, 0) is 25.8 Å². The third-order valence-electron chi connectivity index (χ3n) is 3.48. The number of amides is 3. The lowest BCUT2D eigenvalue weighted by atomic mass is 10.0. The van der Waals surface area contributed by atoms with Gasteiger partial charge in [-0.15, -0.1) is 6.58 Å². The van der Waals surface area contributed by atoms with E-state index < -0.39 is 29.7 Å². The third-order valence-corrected chi connectivity index (χ3v) is 3.48. The second kappa shape index (κ2) is 11.5. The molecule has 0 spiro atoms. The summed E-state index contributed by atoms with van der Waals surface area (Å²) >= 11 is 0. The fraction of sp³-hybridized carbons (Fsp3) is 0.444. The molecule has 1 atom stereocenters. The molecule has 1 heterocycles. The Bertz CT molecular complexity index is 713. The van der Waals surface area contributed by atoms with Gasteiger partial charge in [0.25, 0.3) is 11.8 Å². The van der Waals surface area contributed by atoms with Crippen LogP contribution in [0.1, 0.15) is 30.6 Å². The minimum Gasteiger partial charge on any atom is -0.480 e. The van der Waals surface area contributed by atoms with Gasteiger partial charge in [0.05, 0.1) is 18.7 Å². The number of carboxylic acid groups (broad SMARTS) is 1. The molecule has 0 unspecified atom stereocenters. The SMILES string of the molecule is C=CCONC(=O)Cn1ccc(C(=O)NCC(=O)N[C@@H](CC(C)C)C(=O)O)c1. The lowest BCUT2D eigenvalue weighted by Gasteiger charge is -2.16. The first-order valence-corrected chi connectivity index (χ1v) is 8.70. The Labute approximate surface area is 162 Å². The highest BCUT2D eigenvalue weighted by atomic mass is 16.6. The van der Waals surface area contributed by atoms with Gasteiger partial charge in [0, 0.05) is 12.4 Å². The first-order valence-electron chi connectivity index (χ1n) is 8.70. The summed E-state index contributed by atoms with van der Waals surface area (Å²) in [5.41, 5.74) is 2.47. The largest absolute Gasteiger partial charge is 0.480 e. The number of nitrogens with zero attached hydrogens (tertiary/aromatic N) is 1. The standard InChI is InChI=1S/C18H26N4O6/c1-4-7-28-21-16(24)11-22-6-5-13(10-22)17(25)19-9-15(23)20-14(18(26)27)8-12(2)3/h4-6,10,12,14H,1,7-9,11H2,2-3H3,(H,19,25)(H,20,23)(H,21,24)(H,26,27)/t14-/m0/s1. The predicted octanol–water partition coefficient (Wildman–Crippen LogP) is 0.0672. The molecule has 0 aliphatic rings. The van der Waals surface area contributed by atoms with Crippen molar-refractivity contribution in [2.24, 2.45) is 5.92 Å². The van der Waals surface area contributed by atoms with Gasteiger partial charge in [0.15, 0.2) is 0 Å². The Morgan fingerprint density at radius 1 is 1.29 bits per heavy atom. The molecular formula is C18H26N4O6. The number of carbonyl (C=O) groups is 4. The fourth-order valence-corrected chi connectivity index (χ4v) is 2.25. The summed E-state index contributed by atoms with van der Waals surface area (Å²) in [7, 11) is 0. The smallest absolute Gasteiger partial charge is 0.326 e. The van der Waals surface area contributed by atoms with Gasteiger partial charge in [-0.3, -0.25) is 19.2 Å². The van der Waals surface area contributed by atoms with Crippen LogP contribution in [0.25, 0.3) is 0 Å². The van der Waals surface area contributed by atoms with Gasteiger partial charge in [0.2, 0.25) is 5.91 Å². The maximum atomic E-state index is 12.1. The highest BCUT2D eigenvalue weighted by Crippen LogP contribution is 2.05. The molecule has 0 aliphatic heterocycles. The fourth-order valence-electron chi connectivity index (χ4n) is 2.25. The molecule has 0 fully saturated rings. The molecule has 0 saturated carbocycles. The van der Waals surface area contributed by atoms with Crippen molar-refractivity contribution in [1.82, 2.24) is 20.7 Å². The van der Waals surface area contributed by atoms with Gasteiger partial charge in [-0.25, -0.2) is 10.3 Å². The van der Waals surface area contributed by atoms with Crippen LogP contribution in [0.15, 0.2) is 31.1 Å². The Morgan fingerprint density at radius 2 is 2.00 bits per heavy atom. The molecule has 10 nitrogen and oxygen atoms in total. The van der Waals surface area contributed by atoms with Gasteiger partial charge < -0.3 is 20.3 Å². The van der Waals surface area contributed by atoms with Crippen LogP contribution < -0.4 is 16.1 Å². The number of rotatable bonds is 12. The molecule has 10 heteroatoms. The van der Waals surface area contributed by atoms with Crippen LogP contribution in [0.4, 0.5) is 0 Å². The Balaban J connectivity index is 2.47. The van der Waals surface area contributed by atoms with E-state index in [9.17, 15) is 19.2 Å².